The Morgan fingerprint density at radius 1 is 1.31 bits per heavy atom. The van der Waals surface area contributed by atoms with Crippen LogP contribution < -0.4 is 15.8 Å². The van der Waals surface area contributed by atoms with Gasteiger partial charge in [0.2, 0.25) is 5.91 Å². The minimum atomic E-state index is 0.0193. The van der Waals surface area contributed by atoms with Crippen molar-refractivity contribution in [3.63, 3.8) is 0 Å². The highest BCUT2D eigenvalue weighted by Crippen LogP contribution is 2.24. The summed E-state index contributed by atoms with van der Waals surface area (Å²) < 4.78 is 5.69. The number of nitrogens with two attached hydrogens (primary N) is 1. The summed E-state index contributed by atoms with van der Waals surface area (Å²) in [5.41, 5.74) is 6.61. The molecule has 1 amide bonds. The number of thiazole rings is 1. The van der Waals surface area contributed by atoms with Gasteiger partial charge in [0.25, 0.3) is 0 Å². The van der Waals surface area contributed by atoms with Gasteiger partial charge in [0, 0.05) is 16.4 Å². The third-order valence-electron chi connectivity index (χ3n) is 4.68. The van der Waals surface area contributed by atoms with Crippen molar-refractivity contribution in [2.75, 3.05) is 6.54 Å². The van der Waals surface area contributed by atoms with Crippen LogP contribution in [0.2, 0.25) is 5.02 Å². The van der Waals surface area contributed by atoms with Crippen molar-refractivity contribution >= 4 is 28.8 Å². The van der Waals surface area contributed by atoms with Crippen LogP contribution >= 0.6 is 22.9 Å². The Kier molecular flexibility index (Phi) is 6.88. The van der Waals surface area contributed by atoms with E-state index in [1.54, 1.807) is 12.1 Å². The summed E-state index contributed by atoms with van der Waals surface area (Å²) in [5.74, 6) is 1.16. The first-order chi connectivity index (χ1) is 12.6. The van der Waals surface area contributed by atoms with Crippen LogP contribution in [0.4, 0.5) is 0 Å². The smallest absolute Gasteiger partial charge is 0.226 e. The molecule has 1 aliphatic rings. The topological polar surface area (TPSA) is 77.2 Å². The van der Waals surface area contributed by atoms with Gasteiger partial charge in [-0.3, -0.25) is 4.79 Å². The van der Waals surface area contributed by atoms with Crippen molar-refractivity contribution in [3.8, 4) is 5.75 Å². The minimum absolute atomic E-state index is 0.0193. The van der Waals surface area contributed by atoms with Crippen LogP contribution in [0.3, 0.4) is 0 Å². The van der Waals surface area contributed by atoms with E-state index in [9.17, 15) is 4.79 Å². The number of hydrogen-bond acceptors (Lipinski definition) is 5. The van der Waals surface area contributed by atoms with Crippen LogP contribution in [0, 0.1) is 5.92 Å². The fraction of sp³-hybridized carbons (Fsp3) is 0.474. The number of rotatable bonds is 7. The summed E-state index contributed by atoms with van der Waals surface area (Å²) in [7, 11) is 0. The predicted octanol–water partition coefficient (Wildman–Crippen LogP) is 3.55. The van der Waals surface area contributed by atoms with E-state index in [0.29, 0.717) is 30.5 Å². The van der Waals surface area contributed by atoms with Gasteiger partial charge in [-0.25, -0.2) is 4.98 Å². The summed E-state index contributed by atoms with van der Waals surface area (Å²) in [6.45, 7) is 1.01. The Balaban J connectivity index is 1.48. The molecule has 2 atom stereocenters. The molecule has 5 nitrogen and oxygen atoms in total. The SMILES string of the molecule is NCC1CCCCC1NC(=O)Cc1csc(COc2ccc(Cl)cc2)n1. The van der Waals surface area contributed by atoms with Crippen molar-refractivity contribution < 1.29 is 9.53 Å². The fourth-order valence-electron chi connectivity index (χ4n) is 3.27. The Morgan fingerprint density at radius 2 is 2.08 bits per heavy atom. The van der Waals surface area contributed by atoms with Crippen molar-refractivity contribution in [1.29, 1.82) is 0 Å². The van der Waals surface area contributed by atoms with E-state index in [1.807, 2.05) is 17.5 Å². The molecule has 7 heteroatoms. The second kappa shape index (κ2) is 9.35. The molecule has 26 heavy (non-hydrogen) atoms. The molecule has 0 radical (unpaired) electrons. The molecular formula is C19H24ClN3O2S. The maximum Gasteiger partial charge on any atom is 0.226 e. The molecule has 0 spiro atoms. The molecule has 0 bridgehead atoms. The minimum Gasteiger partial charge on any atom is -0.486 e. The first-order valence-corrected chi connectivity index (χ1v) is 10.2. The highest BCUT2D eigenvalue weighted by Gasteiger charge is 2.25. The van der Waals surface area contributed by atoms with Crippen molar-refractivity contribution in [1.82, 2.24) is 10.3 Å². The number of aromatic nitrogens is 1. The first kappa shape index (κ1) is 19.1. The number of carbonyl (C=O) groups is 1. The lowest BCUT2D eigenvalue weighted by Gasteiger charge is -2.31. The summed E-state index contributed by atoms with van der Waals surface area (Å²) in [6.07, 6.45) is 4.78. The van der Waals surface area contributed by atoms with E-state index in [0.717, 1.165) is 35.7 Å². The van der Waals surface area contributed by atoms with Gasteiger partial charge in [0.15, 0.2) is 0 Å². The standard InChI is InChI=1S/C19H24ClN3O2S/c20-14-5-7-16(8-6-14)25-11-19-22-15(12-26-19)9-18(24)23-17-4-2-1-3-13(17)10-21/h5-8,12-13,17H,1-4,9-11,21H2,(H,23,24). The van der Waals surface area contributed by atoms with Gasteiger partial charge in [-0.1, -0.05) is 24.4 Å². The van der Waals surface area contributed by atoms with E-state index >= 15 is 0 Å². The highest BCUT2D eigenvalue weighted by atomic mass is 35.5. The molecule has 1 saturated carbocycles. The predicted molar refractivity (Wildman–Crippen MR) is 105 cm³/mol. The monoisotopic (exact) mass is 393 g/mol. The van der Waals surface area contributed by atoms with E-state index in [2.05, 4.69) is 10.3 Å². The zero-order chi connectivity index (χ0) is 18.4. The van der Waals surface area contributed by atoms with Gasteiger partial charge < -0.3 is 15.8 Å². The molecule has 3 N–H and O–H groups in total. The molecular weight excluding hydrogens is 370 g/mol. The number of carbonyl (C=O) groups excluding carboxylic acids is 1. The quantitative estimate of drug-likeness (QED) is 0.754. The lowest BCUT2D eigenvalue weighted by Crippen LogP contribution is -2.45. The zero-order valence-electron chi connectivity index (χ0n) is 14.6. The molecule has 1 heterocycles. The Bertz CT molecular complexity index is 720. The fourth-order valence-corrected chi connectivity index (χ4v) is 4.11. The average Bonchev–Trinajstić information content (AvgIpc) is 3.09. The first-order valence-electron chi connectivity index (χ1n) is 8.95. The lowest BCUT2D eigenvalue weighted by atomic mass is 9.84. The molecule has 0 aliphatic heterocycles. The summed E-state index contributed by atoms with van der Waals surface area (Å²) in [6, 6.07) is 7.42. The maximum absolute atomic E-state index is 12.3. The third-order valence-corrected chi connectivity index (χ3v) is 5.80. The molecule has 140 valence electrons. The molecule has 1 fully saturated rings. The number of halogens is 1. The second-order valence-corrected chi connectivity index (χ2v) is 7.99. The van der Waals surface area contributed by atoms with Gasteiger partial charge in [-0.05, 0) is 49.6 Å². The molecule has 2 aromatic rings. The summed E-state index contributed by atoms with van der Waals surface area (Å²) >= 11 is 7.36. The zero-order valence-corrected chi connectivity index (χ0v) is 16.2. The van der Waals surface area contributed by atoms with Crippen LogP contribution in [0.25, 0.3) is 0 Å². The van der Waals surface area contributed by atoms with Gasteiger partial charge in [-0.15, -0.1) is 11.3 Å². The number of nitrogens with zero attached hydrogens (tertiary/aromatic N) is 1. The normalized spacial score (nSPS) is 19.9. The van der Waals surface area contributed by atoms with Gasteiger partial charge >= 0.3 is 0 Å². The van der Waals surface area contributed by atoms with Crippen LogP contribution in [0.1, 0.15) is 36.4 Å². The van der Waals surface area contributed by atoms with Gasteiger partial charge in [-0.2, -0.15) is 0 Å². The van der Waals surface area contributed by atoms with Crippen LogP contribution in [-0.4, -0.2) is 23.5 Å². The van der Waals surface area contributed by atoms with Gasteiger partial charge in [0.05, 0.1) is 12.1 Å². The maximum atomic E-state index is 12.3. The lowest BCUT2D eigenvalue weighted by molar-refractivity contribution is -0.121. The largest absolute Gasteiger partial charge is 0.486 e. The number of hydrogen-bond donors (Lipinski definition) is 2. The Morgan fingerprint density at radius 3 is 2.85 bits per heavy atom. The van der Waals surface area contributed by atoms with E-state index < -0.39 is 0 Å². The van der Waals surface area contributed by atoms with Crippen molar-refractivity contribution in [3.05, 3.63) is 45.4 Å². The second-order valence-electron chi connectivity index (χ2n) is 6.61. The number of amides is 1. The van der Waals surface area contributed by atoms with Crippen LogP contribution in [-0.2, 0) is 17.8 Å². The average molecular weight is 394 g/mol. The Hall–Kier alpha value is -1.63. The number of nitrogens with one attached hydrogen (secondary N) is 1. The van der Waals surface area contributed by atoms with E-state index in [-0.39, 0.29) is 11.9 Å². The molecule has 0 saturated heterocycles. The molecule has 1 aromatic heterocycles. The molecule has 1 aliphatic carbocycles. The number of ether oxygens (including phenoxy) is 1. The molecule has 1 aromatic carbocycles. The summed E-state index contributed by atoms with van der Waals surface area (Å²) in [5, 5.41) is 6.58. The van der Waals surface area contributed by atoms with E-state index in [4.69, 9.17) is 22.1 Å². The van der Waals surface area contributed by atoms with Crippen LogP contribution in [0.5, 0.6) is 5.75 Å². The van der Waals surface area contributed by atoms with Crippen molar-refractivity contribution in [2.24, 2.45) is 11.7 Å². The molecule has 3 rings (SSSR count). The summed E-state index contributed by atoms with van der Waals surface area (Å²) in [4.78, 5) is 16.8. The van der Waals surface area contributed by atoms with E-state index in [1.165, 1.54) is 17.8 Å². The highest BCUT2D eigenvalue weighted by molar-refractivity contribution is 7.09. The molecule has 2 unspecified atom stereocenters. The van der Waals surface area contributed by atoms with Crippen molar-refractivity contribution in [2.45, 2.75) is 44.8 Å². The Labute approximate surface area is 162 Å². The van der Waals surface area contributed by atoms with Gasteiger partial charge in [0.1, 0.15) is 17.4 Å². The number of benzene rings is 1. The third kappa shape index (κ3) is 5.43. The van der Waals surface area contributed by atoms with Crippen LogP contribution in [0.15, 0.2) is 29.6 Å².